The minimum Gasteiger partial charge on any atom is -0.481 e. The van der Waals surface area contributed by atoms with E-state index in [2.05, 4.69) is 0 Å². The molecule has 0 bridgehead atoms. The number of rotatable bonds is 3. The molecule has 1 unspecified atom stereocenters. The van der Waals surface area contributed by atoms with Crippen molar-refractivity contribution in [2.75, 3.05) is 0 Å². The monoisotopic (exact) mass is 170 g/mol. The molecule has 1 rings (SSSR count). The first-order valence-corrected chi connectivity index (χ1v) is 4.24. The van der Waals surface area contributed by atoms with Crippen LogP contribution in [0.3, 0.4) is 0 Å². The van der Waals surface area contributed by atoms with Crippen molar-refractivity contribution in [3.8, 4) is 0 Å². The van der Waals surface area contributed by atoms with E-state index in [4.69, 9.17) is 5.11 Å². The molecule has 12 heavy (non-hydrogen) atoms. The third kappa shape index (κ3) is 2.66. The van der Waals surface area contributed by atoms with Gasteiger partial charge in [-0.05, 0) is 25.7 Å². The topological polar surface area (TPSA) is 57.5 Å². The maximum atomic E-state index is 10.2. The molecule has 3 heteroatoms. The smallest absolute Gasteiger partial charge is 0.303 e. The normalized spacial score (nSPS) is 28.8. The second-order valence-corrected chi connectivity index (χ2v) is 3.29. The van der Waals surface area contributed by atoms with Gasteiger partial charge >= 0.3 is 5.97 Å². The van der Waals surface area contributed by atoms with Crippen molar-refractivity contribution in [2.45, 2.75) is 37.7 Å². The van der Waals surface area contributed by atoms with Gasteiger partial charge in [0.1, 0.15) is 0 Å². The van der Waals surface area contributed by atoms with Gasteiger partial charge in [-0.15, -0.1) is 0 Å². The third-order valence-corrected chi connectivity index (χ3v) is 2.18. The molecule has 1 aliphatic carbocycles. The van der Waals surface area contributed by atoms with Crippen LogP contribution in [0.5, 0.6) is 0 Å². The fraction of sp³-hybridized carbons (Fsp3) is 0.667. The van der Waals surface area contributed by atoms with Crippen molar-refractivity contribution in [3.63, 3.8) is 0 Å². The first-order chi connectivity index (χ1) is 5.62. The number of aliphatic carboxylic acids is 1. The number of aliphatic hydroxyl groups is 1. The molecular formula is C9H14O3. The van der Waals surface area contributed by atoms with Crippen LogP contribution in [0, 0.1) is 0 Å². The van der Waals surface area contributed by atoms with Crippen molar-refractivity contribution >= 4 is 5.97 Å². The maximum Gasteiger partial charge on any atom is 0.303 e. The van der Waals surface area contributed by atoms with E-state index in [0.717, 1.165) is 12.8 Å². The summed E-state index contributed by atoms with van der Waals surface area (Å²) >= 11 is 0. The molecule has 0 aromatic heterocycles. The van der Waals surface area contributed by atoms with Gasteiger partial charge in [0.25, 0.3) is 0 Å². The van der Waals surface area contributed by atoms with Gasteiger partial charge in [-0.3, -0.25) is 4.79 Å². The predicted octanol–water partition coefficient (Wildman–Crippen LogP) is 1.32. The zero-order chi connectivity index (χ0) is 9.03. The van der Waals surface area contributed by atoms with E-state index in [1.54, 1.807) is 6.08 Å². The maximum absolute atomic E-state index is 10.2. The van der Waals surface area contributed by atoms with Gasteiger partial charge in [0.2, 0.25) is 0 Å². The van der Waals surface area contributed by atoms with Crippen molar-refractivity contribution in [3.05, 3.63) is 12.2 Å². The second kappa shape index (κ2) is 3.72. The van der Waals surface area contributed by atoms with Crippen LogP contribution >= 0.6 is 0 Å². The number of carboxylic acids is 1. The zero-order valence-corrected chi connectivity index (χ0v) is 6.99. The van der Waals surface area contributed by atoms with Gasteiger partial charge in [0, 0.05) is 6.42 Å². The molecule has 0 aliphatic heterocycles. The highest BCUT2D eigenvalue weighted by molar-refractivity contribution is 5.66. The summed E-state index contributed by atoms with van der Waals surface area (Å²) in [5.41, 5.74) is -0.851. The van der Waals surface area contributed by atoms with Crippen molar-refractivity contribution < 1.29 is 15.0 Å². The first kappa shape index (κ1) is 9.26. The number of carboxylic acid groups (broad SMARTS) is 1. The Morgan fingerprint density at radius 1 is 1.58 bits per heavy atom. The average molecular weight is 170 g/mol. The predicted molar refractivity (Wildman–Crippen MR) is 44.8 cm³/mol. The fourth-order valence-corrected chi connectivity index (χ4v) is 1.44. The summed E-state index contributed by atoms with van der Waals surface area (Å²) in [4.78, 5) is 10.2. The molecule has 0 radical (unpaired) electrons. The summed E-state index contributed by atoms with van der Waals surface area (Å²) in [6, 6.07) is 0. The van der Waals surface area contributed by atoms with Crippen LogP contribution in [0.2, 0.25) is 0 Å². The lowest BCUT2D eigenvalue weighted by molar-refractivity contribution is -0.138. The van der Waals surface area contributed by atoms with E-state index >= 15 is 0 Å². The van der Waals surface area contributed by atoms with Crippen LogP contribution in [0.4, 0.5) is 0 Å². The lowest BCUT2D eigenvalue weighted by Crippen LogP contribution is -2.28. The van der Waals surface area contributed by atoms with E-state index in [1.807, 2.05) is 6.08 Å². The Bertz CT molecular complexity index is 198. The molecule has 0 amide bonds. The van der Waals surface area contributed by atoms with Gasteiger partial charge in [0.05, 0.1) is 5.60 Å². The van der Waals surface area contributed by atoms with Crippen LogP contribution in [-0.4, -0.2) is 21.8 Å². The third-order valence-electron chi connectivity index (χ3n) is 2.18. The van der Waals surface area contributed by atoms with Crippen LogP contribution in [-0.2, 0) is 4.79 Å². The lowest BCUT2D eigenvalue weighted by atomic mass is 9.87. The molecule has 1 aliphatic rings. The summed E-state index contributed by atoms with van der Waals surface area (Å²) in [6.45, 7) is 0. The lowest BCUT2D eigenvalue weighted by Gasteiger charge is -2.26. The van der Waals surface area contributed by atoms with Gasteiger partial charge in [-0.2, -0.15) is 0 Å². The molecule has 0 aromatic rings. The fourth-order valence-electron chi connectivity index (χ4n) is 1.44. The van der Waals surface area contributed by atoms with E-state index in [0.29, 0.717) is 12.8 Å². The summed E-state index contributed by atoms with van der Waals surface area (Å²) < 4.78 is 0. The molecule has 0 fully saturated rings. The standard InChI is InChI=1S/C9H14O3/c10-8(11)4-7-9(12)5-2-1-3-6-9/h2,5,12H,1,3-4,6-7H2,(H,10,11). The van der Waals surface area contributed by atoms with E-state index in [9.17, 15) is 9.90 Å². The average Bonchev–Trinajstić information content (AvgIpc) is 2.03. The van der Waals surface area contributed by atoms with Gasteiger partial charge in [0.15, 0.2) is 0 Å². The molecule has 3 nitrogen and oxygen atoms in total. The zero-order valence-electron chi connectivity index (χ0n) is 6.99. The molecule has 0 saturated heterocycles. The summed E-state index contributed by atoms with van der Waals surface area (Å²) in [5.74, 6) is -0.845. The number of hydrogen-bond donors (Lipinski definition) is 2. The SMILES string of the molecule is O=C(O)CCC1(O)C=CCCC1. The molecule has 68 valence electrons. The highest BCUT2D eigenvalue weighted by Gasteiger charge is 2.25. The highest BCUT2D eigenvalue weighted by Crippen LogP contribution is 2.26. The second-order valence-electron chi connectivity index (χ2n) is 3.29. The minimum atomic E-state index is -0.851. The Balaban J connectivity index is 2.42. The van der Waals surface area contributed by atoms with E-state index < -0.39 is 11.6 Å². The molecule has 0 saturated carbocycles. The number of carbonyl (C=O) groups is 1. The van der Waals surface area contributed by atoms with Crippen molar-refractivity contribution in [1.29, 1.82) is 0 Å². The molecule has 2 N–H and O–H groups in total. The van der Waals surface area contributed by atoms with E-state index in [-0.39, 0.29) is 6.42 Å². The van der Waals surface area contributed by atoms with E-state index in [1.165, 1.54) is 0 Å². The minimum absolute atomic E-state index is 0.0425. The van der Waals surface area contributed by atoms with Crippen LogP contribution in [0.1, 0.15) is 32.1 Å². The quantitative estimate of drug-likeness (QED) is 0.628. The molecule has 1 atom stereocenters. The Labute approximate surface area is 71.7 Å². The molecule has 0 spiro atoms. The number of allylic oxidation sites excluding steroid dienone is 1. The highest BCUT2D eigenvalue weighted by atomic mass is 16.4. The molecule has 0 heterocycles. The molecule has 0 aromatic carbocycles. The van der Waals surface area contributed by atoms with Crippen LogP contribution in [0.25, 0.3) is 0 Å². The first-order valence-electron chi connectivity index (χ1n) is 4.24. The van der Waals surface area contributed by atoms with Crippen LogP contribution in [0.15, 0.2) is 12.2 Å². The molecular weight excluding hydrogens is 156 g/mol. The Morgan fingerprint density at radius 3 is 2.83 bits per heavy atom. The van der Waals surface area contributed by atoms with Crippen LogP contribution < -0.4 is 0 Å². The van der Waals surface area contributed by atoms with Crippen molar-refractivity contribution in [1.82, 2.24) is 0 Å². The van der Waals surface area contributed by atoms with Crippen molar-refractivity contribution in [2.24, 2.45) is 0 Å². The largest absolute Gasteiger partial charge is 0.481 e. The summed E-state index contributed by atoms with van der Waals surface area (Å²) in [5, 5.41) is 18.2. The van der Waals surface area contributed by atoms with Gasteiger partial charge < -0.3 is 10.2 Å². The van der Waals surface area contributed by atoms with Gasteiger partial charge in [-0.25, -0.2) is 0 Å². The number of hydrogen-bond acceptors (Lipinski definition) is 2. The summed E-state index contributed by atoms with van der Waals surface area (Å²) in [7, 11) is 0. The Morgan fingerprint density at radius 2 is 2.33 bits per heavy atom. The Hall–Kier alpha value is -0.830. The summed E-state index contributed by atoms with van der Waals surface area (Å²) in [6.07, 6.45) is 6.67. The Kier molecular flexibility index (Phi) is 2.87. The van der Waals surface area contributed by atoms with Gasteiger partial charge in [-0.1, -0.05) is 12.2 Å².